The summed E-state index contributed by atoms with van der Waals surface area (Å²) in [6, 6.07) is 4.53. The van der Waals surface area contributed by atoms with Crippen molar-refractivity contribution in [1.82, 2.24) is 0 Å². The number of hydrogen-bond acceptors (Lipinski definition) is 0. The van der Waals surface area contributed by atoms with Crippen LogP contribution in [0.5, 0.6) is 0 Å². The zero-order chi connectivity index (χ0) is 9.84. The molecule has 0 unspecified atom stereocenters. The van der Waals surface area contributed by atoms with Crippen LogP contribution in [0.3, 0.4) is 0 Å². The van der Waals surface area contributed by atoms with Crippen molar-refractivity contribution in [2.45, 2.75) is 33.6 Å². The molecule has 0 bridgehead atoms. The van der Waals surface area contributed by atoms with E-state index in [1.165, 1.54) is 22.3 Å². The van der Waals surface area contributed by atoms with Gasteiger partial charge in [0.1, 0.15) is 0 Å². The summed E-state index contributed by atoms with van der Waals surface area (Å²) in [6.45, 7) is 10.3. The van der Waals surface area contributed by atoms with Crippen LogP contribution in [0.25, 0.3) is 0 Å². The molecule has 0 saturated heterocycles. The zero-order valence-corrected chi connectivity index (χ0v) is 8.85. The van der Waals surface area contributed by atoms with Crippen molar-refractivity contribution < 1.29 is 0 Å². The van der Waals surface area contributed by atoms with Crippen LogP contribution in [0.4, 0.5) is 0 Å². The maximum Gasteiger partial charge on any atom is -0.0241 e. The lowest BCUT2D eigenvalue weighted by atomic mass is 9.97. The Kier molecular flexibility index (Phi) is 3.30. The molecule has 1 aromatic carbocycles. The van der Waals surface area contributed by atoms with Gasteiger partial charge in [-0.15, -0.1) is 6.58 Å². The van der Waals surface area contributed by atoms with Gasteiger partial charge in [0.2, 0.25) is 0 Å². The van der Waals surface area contributed by atoms with Crippen molar-refractivity contribution in [3.05, 3.63) is 47.0 Å². The normalized spacial score (nSPS) is 10.1. The molecule has 1 rings (SSSR count). The Hall–Kier alpha value is -1.04. The minimum Gasteiger partial charge on any atom is -0.103 e. The maximum absolute atomic E-state index is 3.75. The largest absolute Gasteiger partial charge is 0.103 e. The summed E-state index contributed by atoms with van der Waals surface area (Å²) in [6.07, 6.45) is 4.18. The van der Waals surface area contributed by atoms with E-state index in [0.29, 0.717) is 0 Å². The van der Waals surface area contributed by atoms with Crippen LogP contribution in [-0.2, 0) is 6.42 Å². The highest BCUT2D eigenvalue weighted by molar-refractivity contribution is 5.37. The van der Waals surface area contributed by atoms with Crippen molar-refractivity contribution in [1.29, 1.82) is 0 Å². The second kappa shape index (κ2) is 4.27. The average molecular weight is 174 g/mol. The number of allylic oxidation sites excluding steroid dienone is 1. The Morgan fingerprint density at radius 3 is 2.54 bits per heavy atom. The van der Waals surface area contributed by atoms with Crippen molar-refractivity contribution in [3.63, 3.8) is 0 Å². The molecule has 0 fully saturated rings. The summed E-state index contributed by atoms with van der Waals surface area (Å²) < 4.78 is 0. The van der Waals surface area contributed by atoms with Crippen LogP contribution in [0.2, 0.25) is 0 Å². The van der Waals surface area contributed by atoms with E-state index < -0.39 is 0 Å². The predicted molar refractivity (Wildman–Crippen MR) is 59.2 cm³/mol. The lowest BCUT2D eigenvalue weighted by molar-refractivity contribution is 0.980. The van der Waals surface area contributed by atoms with Crippen LogP contribution in [-0.4, -0.2) is 0 Å². The van der Waals surface area contributed by atoms with E-state index in [0.717, 1.165) is 12.8 Å². The summed E-state index contributed by atoms with van der Waals surface area (Å²) in [7, 11) is 0. The van der Waals surface area contributed by atoms with Gasteiger partial charge in [-0.25, -0.2) is 0 Å². The molecular weight excluding hydrogens is 156 g/mol. The highest BCUT2D eigenvalue weighted by atomic mass is 14.1. The van der Waals surface area contributed by atoms with Gasteiger partial charge in [-0.3, -0.25) is 0 Å². The molecule has 0 saturated carbocycles. The lowest BCUT2D eigenvalue weighted by Crippen LogP contribution is -1.93. The molecular formula is C13H18. The van der Waals surface area contributed by atoms with Crippen molar-refractivity contribution in [2.75, 3.05) is 0 Å². The average Bonchev–Trinajstić information content (AvgIpc) is 2.09. The van der Waals surface area contributed by atoms with E-state index in [1.807, 2.05) is 6.08 Å². The van der Waals surface area contributed by atoms with Crippen molar-refractivity contribution in [2.24, 2.45) is 0 Å². The van der Waals surface area contributed by atoms with Gasteiger partial charge in [0.25, 0.3) is 0 Å². The Labute approximate surface area is 81.3 Å². The molecule has 0 radical (unpaired) electrons. The van der Waals surface area contributed by atoms with Crippen LogP contribution in [0.1, 0.15) is 28.7 Å². The van der Waals surface area contributed by atoms with Gasteiger partial charge in [0.15, 0.2) is 0 Å². The summed E-state index contributed by atoms with van der Waals surface area (Å²) in [5.74, 6) is 0. The molecule has 1 aromatic rings. The first-order valence-electron chi connectivity index (χ1n) is 4.82. The van der Waals surface area contributed by atoms with Gasteiger partial charge in [0, 0.05) is 0 Å². The van der Waals surface area contributed by atoms with E-state index in [2.05, 4.69) is 39.5 Å². The van der Waals surface area contributed by atoms with Crippen LogP contribution >= 0.6 is 0 Å². The topological polar surface area (TPSA) is 0 Å². The molecule has 70 valence electrons. The number of hydrogen-bond donors (Lipinski definition) is 0. The third kappa shape index (κ3) is 2.45. The number of benzene rings is 1. The fraction of sp³-hybridized carbons (Fsp3) is 0.385. The third-order valence-corrected chi connectivity index (χ3v) is 2.54. The lowest BCUT2D eigenvalue weighted by Gasteiger charge is -2.09. The number of rotatable bonds is 3. The Bertz CT molecular complexity index is 308. The second-order valence-electron chi connectivity index (χ2n) is 3.69. The smallest absolute Gasteiger partial charge is 0.0241 e. The molecule has 0 nitrogen and oxygen atoms in total. The first-order valence-corrected chi connectivity index (χ1v) is 4.82. The highest BCUT2D eigenvalue weighted by Crippen LogP contribution is 2.17. The predicted octanol–water partition coefficient (Wildman–Crippen LogP) is 3.73. The maximum atomic E-state index is 3.75. The molecule has 0 heteroatoms. The second-order valence-corrected chi connectivity index (χ2v) is 3.69. The third-order valence-electron chi connectivity index (χ3n) is 2.54. The molecule has 0 aromatic heterocycles. The quantitative estimate of drug-likeness (QED) is 0.612. The molecule has 0 aliphatic carbocycles. The standard InChI is InChI=1S/C13H18/c1-5-6-7-13-9-10(2)8-11(3)12(13)4/h5,8-9H,1,6-7H2,2-4H3. The Morgan fingerprint density at radius 2 is 1.92 bits per heavy atom. The molecule has 13 heavy (non-hydrogen) atoms. The van der Waals surface area contributed by atoms with Gasteiger partial charge < -0.3 is 0 Å². The van der Waals surface area contributed by atoms with E-state index in [4.69, 9.17) is 0 Å². The summed E-state index contributed by atoms with van der Waals surface area (Å²) in [5, 5.41) is 0. The molecule has 0 spiro atoms. The van der Waals surface area contributed by atoms with E-state index in [1.54, 1.807) is 0 Å². The van der Waals surface area contributed by atoms with Crippen LogP contribution in [0.15, 0.2) is 24.8 Å². The molecule has 0 atom stereocenters. The Balaban J connectivity index is 2.98. The summed E-state index contributed by atoms with van der Waals surface area (Å²) >= 11 is 0. The minimum atomic E-state index is 1.07. The van der Waals surface area contributed by atoms with Crippen LogP contribution < -0.4 is 0 Å². The summed E-state index contributed by atoms with van der Waals surface area (Å²) in [4.78, 5) is 0. The van der Waals surface area contributed by atoms with Gasteiger partial charge in [0.05, 0.1) is 0 Å². The van der Waals surface area contributed by atoms with E-state index in [9.17, 15) is 0 Å². The van der Waals surface area contributed by atoms with Crippen LogP contribution in [0, 0.1) is 20.8 Å². The van der Waals surface area contributed by atoms with Crippen molar-refractivity contribution in [3.8, 4) is 0 Å². The molecule has 0 heterocycles. The monoisotopic (exact) mass is 174 g/mol. The minimum absolute atomic E-state index is 1.07. The zero-order valence-electron chi connectivity index (χ0n) is 8.85. The first-order chi connectivity index (χ1) is 6.15. The SMILES string of the molecule is C=CCCc1cc(C)cc(C)c1C. The van der Waals surface area contributed by atoms with Gasteiger partial charge >= 0.3 is 0 Å². The van der Waals surface area contributed by atoms with E-state index >= 15 is 0 Å². The fourth-order valence-corrected chi connectivity index (χ4v) is 1.64. The highest BCUT2D eigenvalue weighted by Gasteiger charge is 2.01. The van der Waals surface area contributed by atoms with Crippen molar-refractivity contribution >= 4 is 0 Å². The molecule has 0 amide bonds. The van der Waals surface area contributed by atoms with Gasteiger partial charge in [-0.05, 0) is 50.3 Å². The molecule has 0 aliphatic heterocycles. The Morgan fingerprint density at radius 1 is 1.23 bits per heavy atom. The molecule has 0 aliphatic rings. The molecule has 0 N–H and O–H groups in total. The van der Waals surface area contributed by atoms with Gasteiger partial charge in [-0.2, -0.15) is 0 Å². The summed E-state index contributed by atoms with van der Waals surface area (Å²) in [5.41, 5.74) is 5.67. The van der Waals surface area contributed by atoms with Gasteiger partial charge in [-0.1, -0.05) is 23.8 Å². The fourth-order valence-electron chi connectivity index (χ4n) is 1.64. The van der Waals surface area contributed by atoms with E-state index in [-0.39, 0.29) is 0 Å². The number of aryl methyl sites for hydroxylation is 3. The first kappa shape index (κ1) is 10.0.